The third kappa shape index (κ3) is 4.35. The Hall–Kier alpha value is -1.35. The topological polar surface area (TPSA) is 55.1 Å². The van der Waals surface area contributed by atoms with Crippen LogP contribution in [0.2, 0.25) is 0 Å². The molecule has 1 rings (SSSR count). The molecule has 0 aromatic heterocycles. The zero-order valence-electron chi connectivity index (χ0n) is 12.5. The third-order valence-electron chi connectivity index (χ3n) is 3.73. The number of rotatable bonds is 6. The fourth-order valence-electron chi connectivity index (χ4n) is 1.91. The van der Waals surface area contributed by atoms with Gasteiger partial charge in [-0.25, -0.2) is 0 Å². The second-order valence-electron chi connectivity index (χ2n) is 5.81. The van der Waals surface area contributed by atoms with Gasteiger partial charge in [0.2, 0.25) is 5.91 Å². The molecule has 3 heteroatoms. The van der Waals surface area contributed by atoms with Gasteiger partial charge in [0.1, 0.15) is 0 Å². The van der Waals surface area contributed by atoms with Crippen molar-refractivity contribution in [3.8, 4) is 0 Å². The summed E-state index contributed by atoms with van der Waals surface area (Å²) in [7, 11) is 0. The summed E-state index contributed by atoms with van der Waals surface area (Å²) in [4.78, 5) is 12.1. The minimum atomic E-state index is -0.426. The molecule has 0 saturated carbocycles. The van der Waals surface area contributed by atoms with Crippen molar-refractivity contribution in [2.45, 2.75) is 46.5 Å². The highest BCUT2D eigenvalue weighted by atomic mass is 16.2. The standard InChI is InChI=1S/C16H26N2O/c1-5-12(2)13-6-8-14(9-7-13)18-15(19)16(3,4)10-11-17/h6-9,12H,5,10-11,17H2,1-4H3,(H,18,19). The van der Waals surface area contributed by atoms with Crippen molar-refractivity contribution in [2.24, 2.45) is 11.1 Å². The lowest BCUT2D eigenvalue weighted by atomic mass is 9.88. The minimum Gasteiger partial charge on any atom is -0.330 e. The summed E-state index contributed by atoms with van der Waals surface area (Å²) in [6.45, 7) is 8.74. The number of carbonyl (C=O) groups excluding carboxylic acids is 1. The van der Waals surface area contributed by atoms with Gasteiger partial charge >= 0.3 is 0 Å². The molecular formula is C16H26N2O. The molecule has 1 amide bonds. The number of anilines is 1. The quantitative estimate of drug-likeness (QED) is 0.824. The van der Waals surface area contributed by atoms with E-state index in [1.807, 2.05) is 26.0 Å². The molecule has 3 N–H and O–H groups in total. The highest BCUT2D eigenvalue weighted by Crippen LogP contribution is 2.24. The molecule has 19 heavy (non-hydrogen) atoms. The van der Waals surface area contributed by atoms with Crippen molar-refractivity contribution in [3.63, 3.8) is 0 Å². The predicted molar refractivity (Wildman–Crippen MR) is 81.2 cm³/mol. The number of carbonyl (C=O) groups is 1. The highest BCUT2D eigenvalue weighted by Gasteiger charge is 2.26. The normalized spacial score (nSPS) is 13.1. The fraction of sp³-hybridized carbons (Fsp3) is 0.562. The fourth-order valence-corrected chi connectivity index (χ4v) is 1.91. The highest BCUT2D eigenvalue weighted by molar-refractivity contribution is 5.94. The molecule has 0 fully saturated rings. The summed E-state index contributed by atoms with van der Waals surface area (Å²) in [6, 6.07) is 8.11. The van der Waals surface area contributed by atoms with Crippen LogP contribution in [0, 0.1) is 5.41 Å². The lowest BCUT2D eigenvalue weighted by Crippen LogP contribution is -2.32. The number of nitrogens with two attached hydrogens (primary N) is 1. The van der Waals surface area contributed by atoms with E-state index in [9.17, 15) is 4.79 Å². The van der Waals surface area contributed by atoms with Crippen LogP contribution < -0.4 is 11.1 Å². The van der Waals surface area contributed by atoms with Gasteiger partial charge in [0, 0.05) is 11.1 Å². The number of nitrogens with one attached hydrogen (secondary N) is 1. The first-order chi connectivity index (χ1) is 8.90. The first-order valence-electron chi connectivity index (χ1n) is 7.02. The van der Waals surface area contributed by atoms with Crippen LogP contribution >= 0.6 is 0 Å². The van der Waals surface area contributed by atoms with Crippen LogP contribution in [-0.4, -0.2) is 12.5 Å². The zero-order chi connectivity index (χ0) is 14.5. The Bertz CT molecular complexity index is 409. The Kier molecular flexibility index (Phi) is 5.55. The van der Waals surface area contributed by atoms with Crippen molar-refractivity contribution in [1.29, 1.82) is 0 Å². The molecule has 0 aliphatic heterocycles. The maximum absolute atomic E-state index is 12.1. The van der Waals surface area contributed by atoms with Crippen LogP contribution in [0.1, 0.15) is 52.0 Å². The number of benzene rings is 1. The van der Waals surface area contributed by atoms with Crippen LogP contribution in [0.4, 0.5) is 5.69 Å². The Morgan fingerprint density at radius 1 is 1.32 bits per heavy atom. The average Bonchev–Trinajstić information content (AvgIpc) is 2.38. The molecule has 1 aromatic rings. The summed E-state index contributed by atoms with van der Waals surface area (Å²) in [5.74, 6) is 0.577. The van der Waals surface area contributed by atoms with E-state index in [-0.39, 0.29) is 5.91 Å². The van der Waals surface area contributed by atoms with E-state index in [1.165, 1.54) is 5.56 Å². The van der Waals surface area contributed by atoms with Gasteiger partial charge in [0.15, 0.2) is 0 Å². The molecule has 0 aliphatic rings. The maximum Gasteiger partial charge on any atom is 0.230 e. The second-order valence-corrected chi connectivity index (χ2v) is 5.81. The van der Waals surface area contributed by atoms with Crippen LogP contribution in [0.3, 0.4) is 0 Å². The summed E-state index contributed by atoms with van der Waals surface area (Å²) < 4.78 is 0. The molecule has 1 aromatic carbocycles. The SMILES string of the molecule is CCC(C)c1ccc(NC(=O)C(C)(C)CCN)cc1. The van der Waals surface area contributed by atoms with Crippen molar-refractivity contribution >= 4 is 11.6 Å². The van der Waals surface area contributed by atoms with Gasteiger partial charge in [0.25, 0.3) is 0 Å². The van der Waals surface area contributed by atoms with Crippen molar-refractivity contribution in [1.82, 2.24) is 0 Å². The number of hydrogen-bond donors (Lipinski definition) is 2. The van der Waals surface area contributed by atoms with E-state index in [2.05, 4.69) is 31.3 Å². The van der Waals surface area contributed by atoms with E-state index in [4.69, 9.17) is 5.73 Å². The van der Waals surface area contributed by atoms with Crippen LogP contribution in [0.15, 0.2) is 24.3 Å². The lowest BCUT2D eigenvalue weighted by molar-refractivity contribution is -0.124. The van der Waals surface area contributed by atoms with E-state index in [0.29, 0.717) is 18.9 Å². The Morgan fingerprint density at radius 3 is 2.37 bits per heavy atom. The Balaban J connectivity index is 2.70. The first kappa shape index (κ1) is 15.7. The molecular weight excluding hydrogens is 236 g/mol. The molecule has 1 atom stereocenters. The van der Waals surface area contributed by atoms with E-state index < -0.39 is 5.41 Å². The summed E-state index contributed by atoms with van der Waals surface area (Å²) in [6.07, 6.45) is 1.80. The van der Waals surface area contributed by atoms with Gasteiger partial charge < -0.3 is 11.1 Å². The molecule has 3 nitrogen and oxygen atoms in total. The third-order valence-corrected chi connectivity index (χ3v) is 3.73. The minimum absolute atomic E-state index is 0.0224. The van der Waals surface area contributed by atoms with Gasteiger partial charge in [-0.1, -0.05) is 39.8 Å². The summed E-state index contributed by atoms with van der Waals surface area (Å²) in [5.41, 5.74) is 7.26. The van der Waals surface area contributed by atoms with Gasteiger partial charge in [-0.05, 0) is 43.0 Å². The first-order valence-corrected chi connectivity index (χ1v) is 7.02. The Labute approximate surface area is 116 Å². The van der Waals surface area contributed by atoms with Gasteiger partial charge in [0.05, 0.1) is 0 Å². The maximum atomic E-state index is 12.1. The molecule has 0 spiro atoms. The molecule has 0 heterocycles. The van der Waals surface area contributed by atoms with Gasteiger partial charge in [-0.15, -0.1) is 0 Å². The van der Waals surface area contributed by atoms with E-state index in [0.717, 1.165) is 12.1 Å². The largest absolute Gasteiger partial charge is 0.330 e. The monoisotopic (exact) mass is 262 g/mol. The molecule has 106 valence electrons. The van der Waals surface area contributed by atoms with Crippen LogP contribution in [0.5, 0.6) is 0 Å². The Morgan fingerprint density at radius 2 is 1.89 bits per heavy atom. The predicted octanol–water partition coefficient (Wildman–Crippen LogP) is 3.51. The molecule has 0 radical (unpaired) electrons. The van der Waals surface area contributed by atoms with Crippen molar-refractivity contribution in [3.05, 3.63) is 29.8 Å². The van der Waals surface area contributed by atoms with E-state index >= 15 is 0 Å². The molecule has 0 saturated heterocycles. The summed E-state index contributed by atoms with van der Waals surface area (Å²) in [5, 5.41) is 2.96. The average molecular weight is 262 g/mol. The summed E-state index contributed by atoms with van der Waals surface area (Å²) >= 11 is 0. The van der Waals surface area contributed by atoms with Gasteiger partial charge in [-0.2, -0.15) is 0 Å². The van der Waals surface area contributed by atoms with Gasteiger partial charge in [-0.3, -0.25) is 4.79 Å². The zero-order valence-corrected chi connectivity index (χ0v) is 12.5. The van der Waals surface area contributed by atoms with E-state index in [1.54, 1.807) is 0 Å². The van der Waals surface area contributed by atoms with Crippen LogP contribution in [-0.2, 0) is 4.79 Å². The van der Waals surface area contributed by atoms with Crippen molar-refractivity contribution in [2.75, 3.05) is 11.9 Å². The number of hydrogen-bond acceptors (Lipinski definition) is 2. The lowest BCUT2D eigenvalue weighted by Gasteiger charge is -2.22. The number of amides is 1. The second kappa shape index (κ2) is 6.71. The van der Waals surface area contributed by atoms with Crippen molar-refractivity contribution < 1.29 is 4.79 Å². The molecule has 0 aliphatic carbocycles. The smallest absolute Gasteiger partial charge is 0.230 e. The van der Waals surface area contributed by atoms with Crippen LogP contribution in [0.25, 0.3) is 0 Å². The molecule has 0 bridgehead atoms. The molecule has 1 unspecified atom stereocenters.